The Labute approximate surface area is 131 Å². The molecule has 1 saturated carbocycles. The molecule has 0 radical (unpaired) electrons. The van der Waals surface area contributed by atoms with Gasteiger partial charge in [0.05, 0.1) is 0 Å². The lowest BCUT2D eigenvalue weighted by Crippen LogP contribution is -2.51. The first-order chi connectivity index (χ1) is 9.91. The highest BCUT2D eigenvalue weighted by Crippen LogP contribution is 2.31. The van der Waals surface area contributed by atoms with E-state index in [-0.39, 0.29) is 21.5 Å². The van der Waals surface area contributed by atoms with Crippen LogP contribution in [0.2, 0.25) is 0 Å². The molecule has 1 aromatic heterocycles. The van der Waals surface area contributed by atoms with Gasteiger partial charge >= 0.3 is 0 Å². The predicted octanol–water partition coefficient (Wildman–Crippen LogP) is -0.180. The van der Waals surface area contributed by atoms with Crippen LogP contribution in [0.15, 0.2) is 9.63 Å². The van der Waals surface area contributed by atoms with Crippen LogP contribution in [0.4, 0.5) is 0 Å². The van der Waals surface area contributed by atoms with E-state index < -0.39 is 10.0 Å². The van der Waals surface area contributed by atoms with Crippen molar-refractivity contribution in [2.45, 2.75) is 17.9 Å². The molecule has 3 rings (SSSR count). The van der Waals surface area contributed by atoms with E-state index in [4.69, 9.17) is 0 Å². The van der Waals surface area contributed by atoms with E-state index in [1.165, 1.54) is 16.0 Å². The number of halogens is 1. The molecule has 1 aromatic rings. The molecule has 0 spiro atoms. The van der Waals surface area contributed by atoms with E-state index in [0.29, 0.717) is 26.2 Å². The maximum atomic E-state index is 12.6. The Morgan fingerprint density at radius 3 is 2.33 bits per heavy atom. The number of carbonyl (C=O) groups is 1. The first kappa shape index (κ1) is 14.9. The molecule has 2 fully saturated rings. The lowest BCUT2D eigenvalue weighted by molar-refractivity contribution is -0.133. The Morgan fingerprint density at radius 2 is 1.86 bits per heavy atom. The van der Waals surface area contributed by atoms with Gasteiger partial charge in [-0.2, -0.15) is 4.31 Å². The summed E-state index contributed by atoms with van der Waals surface area (Å²) in [6.07, 6.45) is 1.93. The van der Waals surface area contributed by atoms with Gasteiger partial charge in [-0.1, -0.05) is 5.21 Å². The molecule has 2 aliphatic rings. The van der Waals surface area contributed by atoms with Gasteiger partial charge in [0.1, 0.15) is 0 Å². The van der Waals surface area contributed by atoms with Gasteiger partial charge in [-0.05, 0) is 28.8 Å². The molecule has 21 heavy (non-hydrogen) atoms. The summed E-state index contributed by atoms with van der Waals surface area (Å²) in [5.74, 6) is 0.332. The third-order valence-electron chi connectivity index (χ3n) is 3.80. The normalized spacial score (nSPS) is 20.8. The number of piperazine rings is 1. The van der Waals surface area contributed by atoms with Crippen LogP contribution in [0.1, 0.15) is 12.8 Å². The fourth-order valence-corrected chi connectivity index (χ4v) is 4.91. The van der Waals surface area contributed by atoms with Crippen molar-refractivity contribution < 1.29 is 13.2 Å². The zero-order valence-corrected chi connectivity index (χ0v) is 14.0. The molecule has 1 amide bonds. The average molecular weight is 378 g/mol. The van der Waals surface area contributed by atoms with Crippen LogP contribution < -0.4 is 0 Å². The topological polar surface area (TPSA) is 88.4 Å². The molecular weight excluding hydrogens is 362 g/mol. The summed E-state index contributed by atoms with van der Waals surface area (Å²) in [5.41, 5.74) is 0. The molecular formula is C11H16BrN5O3S. The number of hydrogen-bond donors (Lipinski definition) is 0. The number of nitrogens with zero attached hydrogens (tertiary/aromatic N) is 5. The van der Waals surface area contributed by atoms with Gasteiger partial charge in [-0.25, -0.2) is 13.1 Å². The first-order valence-corrected chi connectivity index (χ1v) is 8.98. The van der Waals surface area contributed by atoms with E-state index in [9.17, 15) is 13.2 Å². The van der Waals surface area contributed by atoms with Crippen LogP contribution in [0.5, 0.6) is 0 Å². The summed E-state index contributed by atoms with van der Waals surface area (Å²) in [5, 5.41) is 7.46. The number of sulfonamides is 1. The van der Waals surface area contributed by atoms with E-state index in [1.807, 2.05) is 0 Å². The molecule has 0 atom stereocenters. The highest BCUT2D eigenvalue weighted by Gasteiger charge is 2.38. The van der Waals surface area contributed by atoms with Crippen LogP contribution in [0, 0.1) is 5.92 Å². The van der Waals surface area contributed by atoms with Crippen molar-refractivity contribution in [1.29, 1.82) is 0 Å². The Morgan fingerprint density at radius 1 is 1.24 bits per heavy atom. The molecule has 2 heterocycles. The van der Waals surface area contributed by atoms with Crippen molar-refractivity contribution in [2.24, 2.45) is 13.0 Å². The highest BCUT2D eigenvalue weighted by atomic mass is 79.9. The minimum absolute atomic E-state index is 0.0458. The summed E-state index contributed by atoms with van der Waals surface area (Å²) in [4.78, 5) is 13.7. The van der Waals surface area contributed by atoms with Crippen LogP contribution in [0.3, 0.4) is 0 Å². The van der Waals surface area contributed by atoms with E-state index in [1.54, 1.807) is 4.90 Å². The smallest absolute Gasteiger partial charge is 0.263 e. The average Bonchev–Trinajstić information content (AvgIpc) is 3.24. The van der Waals surface area contributed by atoms with Crippen molar-refractivity contribution in [3.63, 3.8) is 0 Å². The molecule has 1 aliphatic heterocycles. The standard InChI is InChI=1S/C11H16BrN5O3S/c1-15-11(9(12)13-14-15)21(19,20)17-6-4-16(5-7-17)10(18)8-2-3-8/h8H,2-7H2,1H3. The number of aryl methyl sites for hydroxylation is 1. The number of carbonyl (C=O) groups excluding carboxylic acids is 1. The van der Waals surface area contributed by atoms with Gasteiger partial charge in [0.15, 0.2) is 4.60 Å². The van der Waals surface area contributed by atoms with Crippen molar-refractivity contribution in [3.8, 4) is 0 Å². The zero-order chi connectivity index (χ0) is 15.2. The van der Waals surface area contributed by atoms with Gasteiger partial charge in [-0.3, -0.25) is 4.79 Å². The van der Waals surface area contributed by atoms with Crippen molar-refractivity contribution in [2.75, 3.05) is 26.2 Å². The maximum absolute atomic E-state index is 12.6. The van der Waals surface area contributed by atoms with Crippen molar-refractivity contribution in [1.82, 2.24) is 24.2 Å². The van der Waals surface area contributed by atoms with Crippen LogP contribution in [-0.2, 0) is 21.9 Å². The number of amides is 1. The lowest BCUT2D eigenvalue weighted by Gasteiger charge is -2.33. The Balaban J connectivity index is 1.72. The summed E-state index contributed by atoms with van der Waals surface area (Å²) >= 11 is 3.12. The second-order valence-electron chi connectivity index (χ2n) is 5.31. The SMILES string of the molecule is Cn1nnc(Br)c1S(=O)(=O)N1CCN(C(=O)C2CC2)CC1. The Kier molecular flexibility index (Phi) is 3.78. The maximum Gasteiger partial charge on any atom is 0.263 e. The molecule has 116 valence electrons. The second kappa shape index (κ2) is 5.33. The quantitative estimate of drug-likeness (QED) is 0.728. The molecule has 0 N–H and O–H groups in total. The predicted molar refractivity (Wildman–Crippen MR) is 76.8 cm³/mol. The van der Waals surface area contributed by atoms with Crippen molar-refractivity contribution in [3.05, 3.63) is 4.60 Å². The second-order valence-corrected chi connectivity index (χ2v) is 7.92. The lowest BCUT2D eigenvalue weighted by atomic mass is 10.3. The first-order valence-electron chi connectivity index (χ1n) is 6.75. The minimum atomic E-state index is -3.65. The number of aromatic nitrogens is 3. The van der Waals surface area contributed by atoms with Gasteiger partial charge < -0.3 is 4.90 Å². The summed E-state index contributed by atoms with van der Waals surface area (Å²) in [6, 6.07) is 0. The third kappa shape index (κ3) is 2.71. The largest absolute Gasteiger partial charge is 0.340 e. The van der Waals surface area contributed by atoms with E-state index >= 15 is 0 Å². The number of hydrogen-bond acceptors (Lipinski definition) is 5. The molecule has 1 saturated heterocycles. The molecule has 0 unspecified atom stereocenters. The molecule has 10 heteroatoms. The van der Waals surface area contributed by atoms with Gasteiger partial charge in [0.25, 0.3) is 10.0 Å². The van der Waals surface area contributed by atoms with Gasteiger partial charge in [0.2, 0.25) is 10.9 Å². The van der Waals surface area contributed by atoms with E-state index in [0.717, 1.165) is 12.8 Å². The van der Waals surface area contributed by atoms with Crippen LogP contribution >= 0.6 is 15.9 Å². The molecule has 1 aliphatic carbocycles. The fourth-order valence-electron chi connectivity index (χ4n) is 2.46. The van der Waals surface area contributed by atoms with Gasteiger partial charge in [0, 0.05) is 39.1 Å². The zero-order valence-electron chi connectivity index (χ0n) is 11.6. The Hall–Kier alpha value is -1.00. The third-order valence-corrected chi connectivity index (χ3v) is 6.59. The molecule has 0 aromatic carbocycles. The van der Waals surface area contributed by atoms with Crippen molar-refractivity contribution >= 4 is 31.9 Å². The molecule has 8 nitrogen and oxygen atoms in total. The summed E-state index contributed by atoms with van der Waals surface area (Å²) < 4.78 is 28.0. The number of rotatable bonds is 3. The van der Waals surface area contributed by atoms with Gasteiger partial charge in [-0.15, -0.1) is 5.10 Å². The van der Waals surface area contributed by atoms with Crippen LogP contribution in [-0.4, -0.2) is 64.7 Å². The molecule has 0 bridgehead atoms. The Bertz CT molecular complexity index is 642. The summed E-state index contributed by atoms with van der Waals surface area (Å²) in [6.45, 7) is 1.49. The summed E-state index contributed by atoms with van der Waals surface area (Å²) in [7, 11) is -2.11. The monoisotopic (exact) mass is 377 g/mol. The fraction of sp³-hybridized carbons (Fsp3) is 0.727. The minimum Gasteiger partial charge on any atom is -0.340 e. The highest BCUT2D eigenvalue weighted by molar-refractivity contribution is 9.10. The van der Waals surface area contributed by atoms with E-state index in [2.05, 4.69) is 26.2 Å². The van der Waals surface area contributed by atoms with Crippen LogP contribution in [0.25, 0.3) is 0 Å².